The Morgan fingerprint density at radius 1 is 0.500 bits per heavy atom. The average molecular weight is 755 g/mol. The first-order valence-electron chi connectivity index (χ1n) is 17.0. The minimum Gasteiger partial charge on any atom is -0.423 e. The molecule has 2 aliphatic heterocycles. The van der Waals surface area contributed by atoms with Crippen LogP contribution in [0, 0.1) is 0 Å². The molecule has 0 aromatic heterocycles. The quantitative estimate of drug-likeness (QED) is 0.0413. The third-order valence-corrected chi connectivity index (χ3v) is 8.54. The fourth-order valence-electron chi connectivity index (χ4n) is 5.66. The molecular weight excluding hydrogens is 724 g/mol. The first-order valence-corrected chi connectivity index (χ1v) is 17.0. The van der Waals surface area contributed by atoms with E-state index in [-0.39, 0.29) is 36.3 Å². The van der Waals surface area contributed by atoms with E-state index in [1.807, 2.05) is 0 Å². The van der Waals surface area contributed by atoms with Crippen molar-refractivity contribution in [3.8, 4) is 17.2 Å². The first-order chi connectivity index (χ1) is 27.2. The zero-order chi connectivity index (χ0) is 39.0. The molecule has 0 saturated carbocycles. The smallest absolute Gasteiger partial charge is 0.343 e. The Hall–Kier alpha value is -7.23. The summed E-state index contributed by atoms with van der Waals surface area (Å²) in [5, 5.41) is 9.71. The van der Waals surface area contributed by atoms with Gasteiger partial charge in [-0.25, -0.2) is 19.5 Å². The summed E-state index contributed by atoms with van der Waals surface area (Å²) in [6.45, 7) is 0.273. The van der Waals surface area contributed by atoms with Gasteiger partial charge in [0.15, 0.2) is 11.5 Å². The van der Waals surface area contributed by atoms with Crippen LogP contribution in [0.4, 0.5) is 11.4 Å². The molecule has 7 rings (SSSR count). The zero-order valence-corrected chi connectivity index (χ0v) is 29.2. The van der Waals surface area contributed by atoms with E-state index >= 15 is 0 Å². The molecule has 0 bridgehead atoms. The molecule has 56 heavy (non-hydrogen) atoms. The van der Waals surface area contributed by atoms with Crippen LogP contribution in [0.2, 0.25) is 0 Å². The van der Waals surface area contributed by atoms with Gasteiger partial charge in [-0.1, -0.05) is 48.5 Å². The molecular formula is C42H30N2O12. The molecule has 4 amide bonds. The van der Waals surface area contributed by atoms with Crippen molar-refractivity contribution in [3.63, 3.8) is 0 Å². The summed E-state index contributed by atoms with van der Waals surface area (Å²) in [5.41, 5.74) is 3.80. The highest BCUT2D eigenvalue weighted by atomic mass is 17.2. The van der Waals surface area contributed by atoms with E-state index in [0.29, 0.717) is 34.0 Å². The normalized spacial score (nSPS) is 14.1. The minimum absolute atomic E-state index is 0.135. The Labute approximate surface area is 318 Å². The lowest BCUT2D eigenvalue weighted by Crippen LogP contribution is -2.29. The van der Waals surface area contributed by atoms with Crippen molar-refractivity contribution in [2.24, 2.45) is 0 Å². The number of nitrogens with zero attached hydrogens (tertiary/aromatic N) is 2. The maximum absolute atomic E-state index is 12.7. The molecule has 14 nitrogen and oxygen atoms in total. The van der Waals surface area contributed by atoms with Crippen molar-refractivity contribution >= 4 is 41.0 Å². The minimum atomic E-state index is -0.852. The number of carbonyl (C=O) groups is 5. The highest BCUT2D eigenvalue weighted by Crippen LogP contribution is 2.29. The summed E-state index contributed by atoms with van der Waals surface area (Å²) in [5.74, 6) is -1.20. The van der Waals surface area contributed by atoms with Crippen molar-refractivity contribution in [1.29, 1.82) is 0 Å². The maximum Gasteiger partial charge on any atom is 0.343 e. The van der Waals surface area contributed by atoms with Gasteiger partial charge in [0, 0.05) is 24.3 Å². The van der Waals surface area contributed by atoms with Gasteiger partial charge in [0.1, 0.15) is 25.1 Å². The van der Waals surface area contributed by atoms with Gasteiger partial charge in [0.2, 0.25) is 0 Å². The van der Waals surface area contributed by atoms with Crippen LogP contribution < -0.4 is 24.3 Å². The number of imide groups is 2. The van der Waals surface area contributed by atoms with Gasteiger partial charge in [0.05, 0.1) is 16.9 Å². The van der Waals surface area contributed by atoms with Crippen LogP contribution >= 0.6 is 0 Å². The second-order valence-corrected chi connectivity index (χ2v) is 12.3. The van der Waals surface area contributed by atoms with E-state index in [0.717, 1.165) is 20.9 Å². The molecule has 2 heterocycles. The lowest BCUT2D eigenvalue weighted by atomic mass is 10.0. The van der Waals surface area contributed by atoms with Crippen molar-refractivity contribution in [2.45, 2.75) is 19.3 Å². The number of esters is 1. The summed E-state index contributed by atoms with van der Waals surface area (Å²) in [4.78, 5) is 88.5. The predicted octanol–water partition coefficient (Wildman–Crippen LogP) is 6.36. The standard InChI is InChI=1S/C42H30N2O12/c45-37-21-22-38(46)43(37)32-11-1-27(2-12-32)25-51-55-35-15-3-28(4-16-35)26-52-56-36-19-9-30(10-20-36)41(54-50)29-7-17-34(18-8-29)53-42(49)31-5-13-33(14-6-31)44-39(47)23-24-40(44)48/h1-24,41,50H,25-26H2. The molecule has 1 atom stereocenters. The van der Waals surface area contributed by atoms with Crippen LogP contribution in [0.25, 0.3) is 0 Å². The summed E-state index contributed by atoms with van der Waals surface area (Å²) in [7, 11) is 0. The van der Waals surface area contributed by atoms with E-state index < -0.39 is 23.9 Å². The van der Waals surface area contributed by atoms with Crippen LogP contribution in [0.5, 0.6) is 17.2 Å². The molecule has 280 valence electrons. The van der Waals surface area contributed by atoms with Crippen molar-refractivity contribution in [3.05, 3.63) is 173 Å². The first kappa shape index (κ1) is 37.1. The molecule has 2 aliphatic rings. The zero-order valence-electron chi connectivity index (χ0n) is 29.2. The molecule has 0 fully saturated rings. The molecule has 0 aliphatic carbocycles. The van der Waals surface area contributed by atoms with E-state index in [1.54, 1.807) is 97.1 Å². The Balaban J connectivity index is 0.839. The number of hydrogen-bond donors (Lipinski definition) is 1. The number of carbonyl (C=O) groups excluding carboxylic acids is 5. The van der Waals surface area contributed by atoms with Crippen LogP contribution in [0.3, 0.4) is 0 Å². The molecule has 14 heteroatoms. The Morgan fingerprint density at radius 2 is 0.875 bits per heavy atom. The van der Waals surface area contributed by atoms with Crippen molar-refractivity contribution < 1.29 is 58.4 Å². The topological polar surface area (TPSA) is 167 Å². The summed E-state index contributed by atoms with van der Waals surface area (Å²) in [6.07, 6.45) is 3.96. The SMILES string of the molecule is O=C(Oc1ccc(C(OO)c2ccc(OOCc3ccc(OOCc4ccc(N5C(=O)C=CC5=O)cc4)cc3)cc2)cc1)c1ccc(N2C(=O)C=CC2=O)cc1. The second-order valence-electron chi connectivity index (χ2n) is 12.3. The molecule has 1 N–H and O–H groups in total. The van der Waals surface area contributed by atoms with Gasteiger partial charge in [0.25, 0.3) is 23.6 Å². The summed E-state index contributed by atoms with van der Waals surface area (Å²) >= 11 is 0. The van der Waals surface area contributed by atoms with E-state index in [9.17, 15) is 29.2 Å². The Kier molecular flexibility index (Phi) is 11.2. The van der Waals surface area contributed by atoms with Gasteiger partial charge < -0.3 is 14.5 Å². The summed E-state index contributed by atoms with van der Waals surface area (Å²) in [6, 6.07) is 32.8. The number of hydrogen-bond acceptors (Lipinski definition) is 12. The predicted molar refractivity (Wildman–Crippen MR) is 197 cm³/mol. The number of amides is 4. The highest BCUT2D eigenvalue weighted by Gasteiger charge is 2.26. The molecule has 0 saturated heterocycles. The van der Waals surface area contributed by atoms with Gasteiger partial charge in [-0.2, -0.15) is 9.78 Å². The van der Waals surface area contributed by atoms with E-state index in [2.05, 4.69) is 0 Å². The molecule has 5 aromatic rings. The van der Waals surface area contributed by atoms with E-state index in [1.165, 1.54) is 48.6 Å². The average Bonchev–Trinajstić information content (AvgIpc) is 3.74. The fraction of sp³-hybridized carbons (Fsp3) is 0.0714. The van der Waals surface area contributed by atoms with Crippen molar-refractivity contribution in [2.75, 3.05) is 9.80 Å². The number of anilines is 2. The summed E-state index contributed by atoms with van der Waals surface area (Å²) < 4.78 is 5.46. The van der Waals surface area contributed by atoms with Gasteiger partial charge in [-0.05, 0) is 95.1 Å². The maximum atomic E-state index is 12.7. The third-order valence-electron chi connectivity index (χ3n) is 8.54. The van der Waals surface area contributed by atoms with Crippen LogP contribution in [-0.4, -0.2) is 34.9 Å². The fourth-order valence-corrected chi connectivity index (χ4v) is 5.66. The molecule has 5 aromatic carbocycles. The molecule has 1 unspecified atom stereocenters. The van der Waals surface area contributed by atoms with E-state index in [4.69, 9.17) is 29.2 Å². The van der Waals surface area contributed by atoms with Gasteiger partial charge in [-0.15, -0.1) is 0 Å². The van der Waals surface area contributed by atoms with Gasteiger partial charge >= 0.3 is 5.97 Å². The number of rotatable bonds is 15. The monoisotopic (exact) mass is 754 g/mol. The second kappa shape index (κ2) is 16.8. The lowest BCUT2D eigenvalue weighted by molar-refractivity contribution is -0.270. The Morgan fingerprint density at radius 3 is 1.30 bits per heavy atom. The van der Waals surface area contributed by atoms with Crippen molar-refractivity contribution in [1.82, 2.24) is 0 Å². The lowest BCUT2D eigenvalue weighted by Gasteiger charge is -2.15. The molecule has 0 spiro atoms. The number of ether oxygens (including phenoxy) is 1. The van der Waals surface area contributed by atoms with Crippen LogP contribution in [0.1, 0.15) is 38.7 Å². The largest absolute Gasteiger partial charge is 0.423 e. The van der Waals surface area contributed by atoms with Crippen LogP contribution in [-0.2, 0) is 47.1 Å². The van der Waals surface area contributed by atoms with Gasteiger partial charge in [-0.3, -0.25) is 24.4 Å². The Bertz CT molecular complexity index is 2270. The third kappa shape index (κ3) is 8.59. The highest BCUT2D eigenvalue weighted by molar-refractivity contribution is 6.28. The number of benzene rings is 5. The van der Waals surface area contributed by atoms with Crippen LogP contribution in [0.15, 0.2) is 146 Å². The molecule has 0 radical (unpaired) electrons.